The minimum Gasteiger partial charge on any atom is -0.492 e. The Kier molecular flexibility index (Phi) is 4.12. The van der Waals surface area contributed by atoms with Gasteiger partial charge in [0, 0.05) is 19.2 Å². The van der Waals surface area contributed by atoms with Crippen LogP contribution in [0.1, 0.15) is 5.69 Å². The second-order valence-corrected chi connectivity index (χ2v) is 4.80. The molecule has 0 unspecified atom stereocenters. The SMILES string of the molecule is OCCc1cn(CCOc2ccc3ccccc3c2)nn1. The molecule has 0 radical (unpaired) electrons. The molecule has 21 heavy (non-hydrogen) atoms. The first-order valence-corrected chi connectivity index (χ1v) is 6.96. The third-order valence-corrected chi connectivity index (χ3v) is 3.26. The molecule has 5 heteroatoms. The average molecular weight is 283 g/mol. The second kappa shape index (κ2) is 6.37. The van der Waals surface area contributed by atoms with Crippen molar-refractivity contribution in [3.8, 4) is 5.75 Å². The fourth-order valence-corrected chi connectivity index (χ4v) is 2.19. The summed E-state index contributed by atoms with van der Waals surface area (Å²) >= 11 is 0. The molecule has 0 fully saturated rings. The summed E-state index contributed by atoms with van der Waals surface area (Å²) in [5.41, 5.74) is 0.795. The highest BCUT2D eigenvalue weighted by Crippen LogP contribution is 2.20. The summed E-state index contributed by atoms with van der Waals surface area (Å²) < 4.78 is 7.48. The molecular weight excluding hydrogens is 266 g/mol. The van der Waals surface area contributed by atoms with E-state index in [1.54, 1.807) is 4.68 Å². The van der Waals surface area contributed by atoms with Crippen LogP contribution in [0.4, 0.5) is 0 Å². The smallest absolute Gasteiger partial charge is 0.120 e. The zero-order valence-corrected chi connectivity index (χ0v) is 11.6. The lowest BCUT2D eigenvalue weighted by atomic mass is 10.1. The third kappa shape index (κ3) is 3.38. The van der Waals surface area contributed by atoms with Crippen molar-refractivity contribution < 1.29 is 9.84 Å². The van der Waals surface area contributed by atoms with Gasteiger partial charge in [0.2, 0.25) is 0 Å². The molecule has 0 amide bonds. The number of benzene rings is 2. The summed E-state index contributed by atoms with van der Waals surface area (Å²) in [6, 6.07) is 14.3. The van der Waals surface area contributed by atoms with Crippen LogP contribution in [-0.4, -0.2) is 33.3 Å². The van der Waals surface area contributed by atoms with Crippen LogP contribution in [-0.2, 0) is 13.0 Å². The van der Waals surface area contributed by atoms with Gasteiger partial charge >= 0.3 is 0 Å². The van der Waals surface area contributed by atoms with Crippen molar-refractivity contribution >= 4 is 10.8 Å². The first-order valence-electron chi connectivity index (χ1n) is 6.96. The number of ether oxygens (including phenoxy) is 1. The fraction of sp³-hybridized carbons (Fsp3) is 0.250. The summed E-state index contributed by atoms with van der Waals surface area (Å²) in [5.74, 6) is 0.851. The fourth-order valence-electron chi connectivity index (χ4n) is 2.19. The minimum atomic E-state index is 0.0896. The van der Waals surface area contributed by atoms with Crippen LogP contribution in [0.15, 0.2) is 48.7 Å². The lowest BCUT2D eigenvalue weighted by molar-refractivity contribution is 0.290. The summed E-state index contributed by atoms with van der Waals surface area (Å²) in [5, 5.41) is 19.2. The third-order valence-electron chi connectivity index (χ3n) is 3.26. The van der Waals surface area contributed by atoms with E-state index in [1.807, 2.05) is 30.5 Å². The molecule has 3 aromatic rings. The van der Waals surface area contributed by atoms with Gasteiger partial charge in [-0.15, -0.1) is 5.10 Å². The Hall–Kier alpha value is -2.40. The van der Waals surface area contributed by atoms with Crippen LogP contribution in [0.25, 0.3) is 10.8 Å². The normalized spacial score (nSPS) is 10.9. The van der Waals surface area contributed by atoms with E-state index in [9.17, 15) is 0 Å². The number of rotatable bonds is 6. The van der Waals surface area contributed by atoms with Gasteiger partial charge in [-0.3, -0.25) is 0 Å². The Balaban J connectivity index is 1.58. The van der Waals surface area contributed by atoms with Gasteiger partial charge in [-0.25, -0.2) is 4.68 Å². The molecule has 5 nitrogen and oxygen atoms in total. The molecule has 0 spiro atoms. The molecule has 0 aliphatic rings. The molecular formula is C16H17N3O2. The molecule has 0 saturated heterocycles. The van der Waals surface area contributed by atoms with Crippen molar-refractivity contribution in [2.75, 3.05) is 13.2 Å². The van der Waals surface area contributed by atoms with E-state index >= 15 is 0 Å². The van der Waals surface area contributed by atoms with Crippen LogP contribution in [0.2, 0.25) is 0 Å². The Morgan fingerprint density at radius 3 is 2.81 bits per heavy atom. The number of aliphatic hydroxyl groups is 1. The second-order valence-electron chi connectivity index (χ2n) is 4.80. The average Bonchev–Trinajstić information content (AvgIpc) is 2.95. The number of aromatic nitrogens is 3. The molecule has 1 aromatic heterocycles. The van der Waals surface area contributed by atoms with Crippen molar-refractivity contribution in [1.29, 1.82) is 0 Å². The van der Waals surface area contributed by atoms with Crippen molar-refractivity contribution in [3.05, 3.63) is 54.4 Å². The lowest BCUT2D eigenvalue weighted by Crippen LogP contribution is -2.08. The van der Waals surface area contributed by atoms with Crippen molar-refractivity contribution in [2.24, 2.45) is 0 Å². The Labute approximate surface area is 122 Å². The Morgan fingerprint density at radius 2 is 1.95 bits per heavy atom. The highest BCUT2D eigenvalue weighted by atomic mass is 16.5. The molecule has 0 aliphatic heterocycles. The maximum absolute atomic E-state index is 8.84. The van der Waals surface area contributed by atoms with E-state index in [0.29, 0.717) is 19.6 Å². The zero-order chi connectivity index (χ0) is 14.5. The monoisotopic (exact) mass is 283 g/mol. The van der Waals surface area contributed by atoms with Gasteiger partial charge in [0.15, 0.2) is 0 Å². The molecule has 108 valence electrons. The number of hydrogen-bond acceptors (Lipinski definition) is 4. The van der Waals surface area contributed by atoms with Gasteiger partial charge in [-0.1, -0.05) is 35.5 Å². The lowest BCUT2D eigenvalue weighted by Gasteiger charge is -2.07. The van der Waals surface area contributed by atoms with E-state index in [-0.39, 0.29) is 6.61 Å². The van der Waals surface area contributed by atoms with Crippen molar-refractivity contribution in [3.63, 3.8) is 0 Å². The largest absolute Gasteiger partial charge is 0.492 e. The summed E-state index contributed by atoms with van der Waals surface area (Å²) in [7, 11) is 0. The van der Waals surface area contributed by atoms with E-state index in [4.69, 9.17) is 9.84 Å². The molecule has 0 atom stereocenters. The standard InChI is InChI=1S/C16H17N3O2/c20-9-7-15-12-19(18-17-15)8-10-21-16-6-5-13-3-1-2-4-14(13)11-16/h1-6,11-12,20H,7-10H2. The predicted octanol–water partition coefficient (Wildman–Crippen LogP) is 2.05. The Bertz CT molecular complexity index is 724. The molecule has 0 aliphatic carbocycles. The van der Waals surface area contributed by atoms with E-state index < -0.39 is 0 Å². The molecule has 0 saturated carbocycles. The number of fused-ring (bicyclic) bond motifs is 1. The molecule has 1 N–H and O–H groups in total. The summed E-state index contributed by atoms with van der Waals surface area (Å²) in [6.45, 7) is 1.25. The first-order chi connectivity index (χ1) is 10.3. The van der Waals surface area contributed by atoms with Gasteiger partial charge in [-0.05, 0) is 22.9 Å². The van der Waals surface area contributed by atoms with Crippen molar-refractivity contribution in [2.45, 2.75) is 13.0 Å². The number of hydrogen-bond donors (Lipinski definition) is 1. The molecule has 0 bridgehead atoms. The maximum atomic E-state index is 8.84. The summed E-state index contributed by atoms with van der Waals surface area (Å²) in [6.07, 6.45) is 2.37. The highest BCUT2D eigenvalue weighted by Gasteiger charge is 2.01. The molecule has 2 aromatic carbocycles. The summed E-state index contributed by atoms with van der Waals surface area (Å²) in [4.78, 5) is 0. The predicted molar refractivity (Wildman–Crippen MR) is 80.3 cm³/mol. The maximum Gasteiger partial charge on any atom is 0.120 e. The Morgan fingerprint density at radius 1 is 1.10 bits per heavy atom. The van der Waals surface area contributed by atoms with Crippen LogP contribution < -0.4 is 4.74 Å². The van der Waals surface area contributed by atoms with Gasteiger partial charge in [0.25, 0.3) is 0 Å². The van der Waals surface area contributed by atoms with Gasteiger partial charge in [-0.2, -0.15) is 0 Å². The molecule has 3 rings (SSSR count). The van der Waals surface area contributed by atoms with E-state index in [2.05, 4.69) is 28.5 Å². The zero-order valence-electron chi connectivity index (χ0n) is 11.6. The minimum absolute atomic E-state index is 0.0896. The highest BCUT2D eigenvalue weighted by molar-refractivity contribution is 5.83. The quantitative estimate of drug-likeness (QED) is 0.752. The first kappa shape index (κ1) is 13.6. The molecule has 1 heterocycles. The topological polar surface area (TPSA) is 60.2 Å². The van der Waals surface area contributed by atoms with Gasteiger partial charge in [0.1, 0.15) is 12.4 Å². The number of aliphatic hydroxyl groups excluding tert-OH is 1. The van der Waals surface area contributed by atoms with Crippen LogP contribution in [0.3, 0.4) is 0 Å². The number of nitrogens with zero attached hydrogens (tertiary/aromatic N) is 3. The van der Waals surface area contributed by atoms with Crippen molar-refractivity contribution in [1.82, 2.24) is 15.0 Å². The van der Waals surface area contributed by atoms with Crippen LogP contribution in [0, 0.1) is 0 Å². The van der Waals surface area contributed by atoms with Crippen LogP contribution in [0.5, 0.6) is 5.75 Å². The van der Waals surface area contributed by atoms with E-state index in [1.165, 1.54) is 10.8 Å². The van der Waals surface area contributed by atoms with Gasteiger partial charge in [0.05, 0.1) is 12.2 Å². The van der Waals surface area contributed by atoms with Gasteiger partial charge < -0.3 is 9.84 Å². The van der Waals surface area contributed by atoms with Crippen LogP contribution >= 0.6 is 0 Å². The van der Waals surface area contributed by atoms with E-state index in [0.717, 1.165) is 11.4 Å².